The van der Waals surface area contributed by atoms with Crippen molar-refractivity contribution in [1.29, 1.82) is 0 Å². The Hall–Kier alpha value is -6.32. The lowest BCUT2D eigenvalue weighted by atomic mass is 9.72. The Morgan fingerprint density at radius 3 is 2.14 bits per heavy atom. The largest absolute Gasteiger partial charge is 0.453 e. The van der Waals surface area contributed by atoms with Gasteiger partial charge in [0.05, 0.1) is 22.7 Å². The molecule has 2 heterocycles. The Labute approximate surface area is 298 Å². The molecule has 244 valence electrons. The molecule has 0 saturated heterocycles. The van der Waals surface area contributed by atoms with Crippen LogP contribution in [0.15, 0.2) is 164 Å². The summed E-state index contributed by atoms with van der Waals surface area (Å²) in [4.78, 5) is 4.83. The average Bonchev–Trinajstić information content (AvgIpc) is 3.16. The number of aryl methyl sites for hydroxylation is 1. The van der Waals surface area contributed by atoms with E-state index < -0.39 is 0 Å². The van der Waals surface area contributed by atoms with Gasteiger partial charge in [0.2, 0.25) is 0 Å². The standard InChI is InChI=1S/C48H36N2O/c1-31-13-10-24-44-46(31)50-43-22-9-8-21-40(43)48(2,3)41-29-36(30-45(51-44)47(41)50)35-18-11-19-37(28-35)49(38-26-25-32-14-4-5-16-34(32)27-38)42-23-12-17-33-15-6-7-20-39(33)42/h4-30H,1-3H3. The molecule has 10 rings (SSSR count). The number of fused-ring (bicyclic) bond motifs is 6. The van der Waals surface area contributed by atoms with Crippen molar-refractivity contribution in [2.75, 3.05) is 9.80 Å². The number of nitrogens with zero attached hydrogens (tertiary/aromatic N) is 2. The van der Waals surface area contributed by atoms with Gasteiger partial charge in [-0.2, -0.15) is 0 Å². The minimum Gasteiger partial charge on any atom is -0.453 e. The molecule has 0 N–H and O–H groups in total. The molecule has 0 amide bonds. The molecule has 3 nitrogen and oxygen atoms in total. The second-order valence-corrected chi connectivity index (χ2v) is 14.3. The van der Waals surface area contributed by atoms with E-state index in [1.165, 1.54) is 43.9 Å². The molecule has 0 spiro atoms. The van der Waals surface area contributed by atoms with Gasteiger partial charge in [-0.1, -0.05) is 123 Å². The molecule has 51 heavy (non-hydrogen) atoms. The molecule has 0 fully saturated rings. The summed E-state index contributed by atoms with van der Waals surface area (Å²) in [6.45, 7) is 6.86. The third-order valence-electron chi connectivity index (χ3n) is 10.9. The van der Waals surface area contributed by atoms with Gasteiger partial charge in [-0.05, 0) is 105 Å². The number of para-hydroxylation sites is 2. The molecule has 0 saturated carbocycles. The minimum atomic E-state index is -0.242. The monoisotopic (exact) mass is 656 g/mol. The molecule has 0 bridgehead atoms. The van der Waals surface area contributed by atoms with E-state index in [0.29, 0.717) is 0 Å². The van der Waals surface area contributed by atoms with E-state index in [0.717, 1.165) is 51.1 Å². The van der Waals surface area contributed by atoms with Crippen molar-refractivity contribution in [1.82, 2.24) is 0 Å². The fourth-order valence-electron chi connectivity index (χ4n) is 8.34. The molecule has 0 atom stereocenters. The zero-order chi connectivity index (χ0) is 34.3. The van der Waals surface area contributed by atoms with Crippen molar-refractivity contribution in [2.45, 2.75) is 26.2 Å². The number of benzene rings is 8. The average molecular weight is 657 g/mol. The van der Waals surface area contributed by atoms with E-state index in [4.69, 9.17) is 4.74 Å². The van der Waals surface area contributed by atoms with Gasteiger partial charge in [0.15, 0.2) is 11.5 Å². The second-order valence-electron chi connectivity index (χ2n) is 14.3. The van der Waals surface area contributed by atoms with Crippen molar-refractivity contribution in [3.63, 3.8) is 0 Å². The third kappa shape index (κ3) is 4.51. The molecule has 2 aliphatic rings. The van der Waals surface area contributed by atoms with E-state index in [1.54, 1.807) is 0 Å². The Bertz CT molecular complexity index is 2680. The number of hydrogen-bond donors (Lipinski definition) is 0. The second kappa shape index (κ2) is 11.1. The van der Waals surface area contributed by atoms with E-state index in [1.807, 2.05) is 0 Å². The van der Waals surface area contributed by atoms with Gasteiger partial charge >= 0.3 is 0 Å². The first-order valence-electron chi connectivity index (χ1n) is 17.7. The highest BCUT2D eigenvalue weighted by atomic mass is 16.5. The van der Waals surface area contributed by atoms with Crippen molar-refractivity contribution >= 4 is 55.7 Å². The first kappa shape index (κ1) is 29.6. The van der Waals surface area contributed by atoms with Crippen LogP contribution >= 0.6 is 0 Å². The molecule has 0 unspecified atom stereocenters. The van der Waals surface area contributed by atoms with Crippen LogP contribution in [0.5, 0.6) is 11.5 Å². The number of anilines is 6. The molecule has 8 aromatic rings. The van der Waals surface area contributed by atoms with E-state index >= 15 is 0 Å². The summed E-state index contributed by atoms with van der Waals surface area (Å²) in [5, 5.41) is 4.86. The van der Waals surface area contributed by atoms with Gasteiger partial charge in [-0.25, -0.2) is 0 Å². The normalized spacial score (nSPS) is 13.7. The molecule has 2 aliphatic heterocycles. The third-order valence-corrected chi connectivity index (χ3v) is 10.9. The predicted octanol–water partition coefficient (Wildman–Crippen LogP) is 13.7. The molecule has 8 aromatic carbocycles. The molecule has 0 aliphatic carbocycles. The summed E-state index contributed by atoms with van der Waals surface area (Å²) in [6, 6.07) is 59.3. The quantitative estimate of drug-likeness (QED) is 0.187. The minimum absolute atomic E-state index is 0.242. The van der Waals surface area contributed by atoms with Gasteiger partial charge in [0.1, 0.15) is 0 Å². The highest BCUT2D eigenvalue weighted by Crippen LogP contribution is 2.61. The molecular formula is C48H36N2O. The zero-order valence-corrected chi connectivity index (χ0v) is 28.9. The number of rotatable bonds is 4. The van der Waals surface area contributed by atoms with Crippen molar-refractivity contribution in [3.05, 3.63) is 180 Å². The first-order valence-corrected chi connectivity index (χ1v) is 17.7. The Balaban J connectivity index is 1.18. The lowest BCUT2D eigenvalue weighted by Gasteiger charge is -2.45. The fourth-order valence-corrected chi connectivity index (χ4v) is 8.34. The summed E-state index contributed by atoms with van der Waals surface area (Å²) in [6.07, 6.45) is 0. The highest BCUT2D eigenvalue weighted by Gasteiger charge is 2.42. The maximum Gasteiger partial charge on any atom is 0.152 e. The topological polar surface area (TPSA) is 15.7 Å². The first-order chi connectivity index (χ1) is 25.0. The maximum atomic E-state index is 6.83. The van der Waals surface area contributed by atoms with Gasteiger partial charge < -0.3 is 14.5 Å². The lowest BCUT2D eigenvalue weighted by molar-refractivity contribution is 0.471. The van der Waals surface area contributed by atoms with E-state index in [2.05, 4.69) is 194 Å². The summed E-state index contributed by atoms with van der Waals surface area (Å²) < 4.78 is 6.83. The van der Waals surface area contributed by atoms with Crippen LogP contribution in [0, 0.1) is 6.92 Å². The highest BCUT2D eigenvalue weighted by molar-refractivity contribution is 6.01. The Morgan fingerprint density at radius 1 is 0.510 bits per heavy atom. The van der Waals surface area contributed by atoms with E-state index in [-0.39, 0.29) is 5.41 Å². The summed E-state index contributed by atoms with van der Waals surface area (Å²) in [5.41, 5.74) is 12.6. The van der Waals surface area contributed by atoms with Gasteiger partial charge in [-0.3, -0.25) is 0 Å². The van der Waals surface area contributed by atoms with Crippen LogP contribution in [0.1, 0.15) is 30.5 Å². The summed E-state index contributed by atoms with van der Waals surface area (Å²) in [7, 11) is 0. The van der Waals surface area contributed by atoms with Crippen LogP contribution < -0.4 is 14.5 Å². The van der Waals surface area contributed by atoms with Crippen molar-refractivity contribution in [2.24, 2.45) is 0 Å². The van der Waals surface area contributed by atoms with E-state index in [9.17, 15) is 0 Å². The van der Waals surface area contributed by atoms with Gasteiger partial charge in [0.25, 0.3) is 0 Å². The van der Waals surface area contributed by atoms with Crippen LogP contribution in [0.3, 0.4) is 0 Å². The zero-order valence-electron chi connectivity index (χ0n) is 28.9. The van der Waals surface area contributed by atoms with Crippen LogP contribution in [-0.4, -0.2) is 0 Å². The number of hydrogen-bond acceptors (Lipinski definition) is 3. The van der Waals surface area contributed by atoms with Crippen LogP contribution in [0.4, 0.5) is 34.1 Å². The van der Waals surface area contributed by atoms with Crippen LogP contribution in [-0.2, 0) is 5.41 Å². The molecule has 0 radical (unpaired) electrons. The maximum absolute atomic E-state index is 6.83. The molecule has 3 heteroatoms. The van der Waals surface area contributed by atoms with Crippen LogP contribution in [0.2, 0.25) is 0 Å². The number of ether oxygens (including phenoxy) is 1. The summed E-state index contributed by atoms with van der Waals surface area (Å²) in [5.74, 6) is 1.77. The molecule has 0 aromatic heterocycles. The SMILES string of the molecule is Cc1cccc2c1N1c3ccccc3C(C)(C)c3cc(-c4cccc(N(c5ccc6ccccc6c5)c5cccc6ccccc56)c4)cc(c31)O2. The Morgan fingerprint density at radius 2 is 1.24 bits per heavy atom. The Kier molecular flexibility index (Phi) is 6.44. The van der Waals surface area contributed by atoms with Crippen LogP contribution in [0.25, 0.3) is 32.7 Å². The van der Waals surface area contributed by atoms with Gasteiger partial charge in [0, 0.05) is 22.2 Å². The van der Waals surface area contributed by atoms with Crippen molar-refractivity contribution in [3.8, 4) is 22.6 Å². The van der Waals surface area contributed by atoms with Gasteiger partial charge in [-0.15, -0.1) is 0 Å². The fraction of sp³-hybridized carbons (Fsp3) is 0.0833. The molecular weight excluding hydrogens is 621 g/mol. The summed E-state index contributed by atoms with van der Waals surface area (Å²) >= 11 is 0. The lowest BCUT2D eigenvalue weighted by Crippen LogP contribution is -2.32. The predicted molar refractivity (Wildman–Crippen MR) is 213 cm³/mol. The smallest absolute Gasteiger partial charge is 0.152 e. The van der Waals surface area contributed by atoms with Crippen molar-refractivity contribution < 1.29 is 4.74 Å².